The number of halogens is 1. The number of rotatable bonds is 0. The number of aromatic nitrogens is 2. The van der Waals surface area contributed by atoms with Gasteiger partial charge in [-0.3, -0.25) is 0 Å². The fraction of sp³-hybridized carbons (Fsp3) is 0. The van der Waals surface area contributed by atoms with Crippen LogP contribution >= 0.6 is 22.6 Å². The van der Waals surface area contributed by atoms with Gasteiger partial charge in [-0.1, -0.05) is 0 Å². The molecule has 4 heteroatoms. The molecule has 2 heterocycles. The lowest BCUT2D eigenvalue weighted by Gasteiger charge is -1.93. The number of anilines is 1. The minimum Gasteiger partial charge on any atom is -0.398 e. The van der Waals surface area contributed by atoms with Crippen molar-refractivity contribution in [3.8, 4) is 0 Å². The van der Waals surface area contributed by atoms with Crippen molar-refractivity contribution in [2.45, 2.75) is 0 Å². The average Bonchev–Trinajstić information content (AvgIpc) is 2.34. The van der Waals surface area contributed by atoms with Crippen LogP contribution in [0.15, 0.2) is 18.5 Å². The predicted octanol–water partition coefficient (Wildman–Crippen LogP) is 1.75. The van der Waals surface area contributed by atoms with Crippen LogP contribution < -0.4 is 5.73 Å². The van der Waals surface area contributed by atoms with E-state index in [1.54, 1.807) is 12.3 Å². The Morgan fingerprint density at radius 1 is 1.55 bits per heavy atom. The van der Waals surface area contributed by atoms with Gasteiger partial charge in [-0.15, -0.1) is 0 Å². The Kier molecular flexibility index (Phi) is 1.49. The molecule has 0 unspecified atom stereocenters. The van der Waals surface area contributed by atoms with Gasteiger partial charge >= 0.3 is 0 Å². The van der Waals surface area contributed by atoms with E-state index in [1.807, 2.05) is 6.20 Å². The van der Waals surface area contributed by atoms with Crippen molar-refractivity contribution < 1.29 is 0 Å². The Morgan fingerprint density at radius 2 is 2.36 bits per heavy atom. The molecule has 0 radical (unpaired) electrons. The molecule has 0 amide bonds. The Hall–Kier alpha value is -0.780. The minimum atomic E-state index is 0.778. The van der Waals surface area contributed by atoms with Crippen LogP contribution in [0.5, 0.6) is 0 Å². The van der Waals surface area contributed by atoms with Gasteiger partial charge in [0.25, 0.3) is 0 Å². The number of fused-ring (bicyclic) bond motifs is 1. The number of pyridine rings is 1. The highest BCUT2D eigenvalue weighted by Crippen LogP contribution is 2.23. The quantitative estimate of drug-likeness (QED) is 0.708. The number of nitrogens with zero attached hydrogens (tertiary/aromatic N) is 1. The molecule has 2 rings (SSSR count). The summed E-state index contributed by atoms with van der Waals surface area (Å²) in [4.78, 5) is 7.15. The molecule has 2 aromatic heterocycles. The molecular formula is C7H6IN3. The highest BCUT2D eigenvalue weighted by molar-refractivity contribution is 14.1. The topological polar surface area (TPSA) is 54.7 Å². The molecule has 3 nitrogen and oxygen atoms in total. The van der Waals surface area contributed by atoms with E-state index < -0.39 is 0 Å². The largest absolute Gasteiger partial charge is 0.398 e. The van der Waals surface area contributed by atoms with Gasteiger partial charge in [-0.25, -0.2) is 4.98 Å². The smallest absolute Gasteiger partial charge is 0.140 e. The number of nitrogen functional groups attached to an aromatic ring is 1. The molecule has 0 aromatic carbocycles. The van der Waals surface area contributed by atoms with Gasteiger partial charge in [0.05, 0.1) is 5.39 Å². The van der Waals surface area contributed by atoms with Gasteiger partial charge in [0.1, 0.15) is 5.65 Å². The zero-order valence-corrected chi connectivity index (χ0v) is 7.79. The molecule has 0 saturated carbocycles. The van der Waals surface area contributed by atoms with Gasteiger partial charge in [-0.05, 0) is 28.7 Å². The van der Waals surface area contributed by atoms with Crippen molar-refractivity contribution >= 4 is 39.3 Å². The second-order valence-corrected chi connectivity index (χ2v) is 3.42. The van der Waals surface area contributed by atoms with Gasteiger partial charge in [0.15, 0.2) is 0 Å². The molecule has 3 N–H and O–H groups in total. The van der Waals surface area contributed by atoms with E-state index >= 15 is 0 Å². The molecule has 0 atom stereocenters. The molecule has 0 aliphatic rings. The Morgan fingerprint density at radius 3 is 3.09 bits per heavy atom. The second-order valence-electron chi connectivity index (χ2n) is 2.26. The highest BCUT2D eigenvalue weighted by atomic mass is 127. The van der Waals surface area contributed by atoms with Gasteiger partial charge in [0.2, 0.25) is 0 Å². The number of hydrogen-bond acceptors (Lipinski definition) is 2. The Labute approximate surface area is 77.1 Å². The maximum absolute atomic E-state index is 5.74. The maximum atomic E-state index is 5.74. The lowest BCUT2D eigenvalue weighted by Crippen LogP contribution is -1.87. The third-order valence-electron chi connectivity index (χ3n) is 1.56. The molecule has 56 valence electrons. The molecule has 2 aromatic rings. The van der Waals surface area contributed by atoms with Crippen molar-refractivity contribution in [1.29, 1.82) is 0 Å². The summed E-state index contributed by atoms with van der Waals surface area (Å²) in [5.74, 6) is 0. The zero-order chi connectivity index (χ0) is 7.84. The standard InChI is InChI=1S/C7H6IN3/c8-4-3-11-7-6(4)5(9)1-2-10-7/h1-3H,(H3,9,10,11). The monoisotopic (exact) mass is 259 g/mol. The summed E-state index contributed by atoms with van der Waals surface area (Å²) < 4.78 is 1.11. The summed E-state index contributed by atoms with van der Waals surface area (Å²) in [5, 5.41) is 1.02. The number of nitrogens with two attached hydrogens (primary N) is 1. The van der Waals surface area contributed by atoms with E-state index in [1.165, 1.54) is 0 Å². The van der Waals surface area contributed by atoms with E-state index in [9.17, 15) is 0 Å². The summed E-state index contributed by atoms with van der Waals surface area (Å²) >= 11 is 2.23. The number of nitrogens with one attached hydrogen (secondary N) is 1. The molecule has 0 fully saturated rings. The lowest BCUT2D eigenvalue weighted by molar-refractivity contribution is 1.33. The average molecular weight is 259 g/mol. The third-order valence-corrected chi connectivity index (χ3v) is 2.41. The third kappa shape index (κ3) is 0.973. The Balaban J connectivity index is 2.96. The van der Waals surface area contributed by atoms with E-state index in [2.05, 4.69) is 32.6 Å². The van der Waals surface area contributed by atoms with Crippen LogP contribution in [-0.4, -0.2) is 9.97 Å². The van der Waals surface area contributed by atoms with Crippen LogP contribution in [-0.2, 0) is 0 Å². The van der Waals surface area contributed by atoms with Gasteiger partial charge in [0, 0.05) is 21.7 Å². The first-order chi connectivity index (χ1) is 5.29. The first kappa shape index (κ1) is 6.90. The van der Waals surface area contributed by atoms with Crippen LogP contribution in [0.3, 0.4) is 0 Å². The zero-order valence-electron chi connectivity index (χ0n) is 5.63. The van der Waals surface area contributed by atoms with E-state index in [-0.39, 0.29) is 0 Å². The van der Waals surface area contributed by atoms with E-state index in [0.29, 0.717) is 0 Å². The van der Waals surface area contributed by atoms with Crippen LogP contribution in [0.4, 0.5) is 5.69 Å². The van der Waals surface area contributed by atoms with Crippen molar-refractivity contribution in [2.75, 3.05) is 5.73 Å². The fourth-order valence-electron chi connectivity index (χ4n) is 1.04. The van der Waals surface area contributed by atoms with Crippen molar-refractivity contribution in [2.24, 2.45) is 0 Å². The first-order valence-electron chi connectivity index (χ1n) is 3.16. The Bertz CT molecular complexity index is 393. The summed E-state index contributed by atoms with van der Waals surface area (Å²) in [6.07, 6.45) is 3.60. The normalized spacial score (nSPS) is 10.6. The SMILES string of the molecule is Nc1ccnc2[nH]cc(I)c12. The fourth-order valence-corrected chi connectivity index (χ4v) is 1.76. The first-order valence-corrected chi connectivity index (χ1v) is 4.24. The molecular weight excluding hydrogens is 253 g/mol. The summed E-state index contributed by atoms with van der Waals surface area (Å²) in [5.41, 5.74) is 7.37. The van der Waals surface area contributed by atoms with Crippen LogP contribution in [0.2, 0.25) is 0 Å². The number of hydrogen-bond donors (Lipinski definition) is 2. The number of aromatic amines is 1. The lowest BCUT2D eigenvalue weighted by atomic mass is 10.3. The summed E-state index contributed by atoms with van der Waals surface area (Å²) in [6, 6.07) is 1.80. The molecule has 0 spiro atoms. The molecule has 0 aliphatic heterocycles. The summed E-state index contributed by atoms with van der Waals surface area (Å²) in [6.45, 7) is 0. The second kappa shape index (κ2) is 2.37. The van der Waals surface area contributed by atoms with Crippen LogP contribution in [0, 0.1) is 3.57 Å². The van der Waals surface area contributed by atoms with Crippen molar-refractivity contribution in [1.82, 2.24) is 9.97 Å². The van der Waals surface area contributed by atoms with Crippen molar-refractivity contribution in [3.05, 3.63) is 22.0 Å². The molecule has 0 aliphatic carbocycles. The minimum absolute atomic E-state index is 0.778. The highest BCUT2D eigenvalue weighted by Gasteiger charge is 2.03. The molecule has 11 heavy (non-hydrogen) atoms. The van der Waals surface area contributed by atoms with Crippen LogP contribution in [0.1, 0.15) is 0 Å². The predicted molar refractivity (Wildman–Crippen MR) is 53.2 cm³/mol. The number of H-pyrrole nitrogens is 1. The van der Waals surface area contributed by atoms with E-state index in [4.69, 9.17) is 5.73 Å². The van der Waals surface area contributed by atoms with Crippen LogP contribution in [0.25, 0.3) is 11.0 Å². The van der Waals surface area contributed by atoms with Crippen molar-refractivity contribution in [3.63, 3.8) is 0 Å². The summed E-state index contributed by atoms with van der Waals surface area (Å²) in [7, 11) is 0. The van der Waals surface area contributed by atoms with E-state index in [0.717, 1.165) is 20.3 Å². The van der Waals surface area contributed by atoms with Gasteiger partial charge < -0.3 is 10.7 Å². The molecule has 0 bridgehead atoms. The molecule has 0 saturated heterocycles. The van der Waals surface area contributed by atoms with Gasteiger partial charge in [-0.2, -0.15) is 0 Å². The maximum Gasteiger partial charge on any atom is 0.140 e.